The molecule has 3 aliphatic rings. The van der Waals surface area contributed by atoms with Gasteiger partial charge >= 0.3 is 0 Å². The van der Waals surface area contributed by atoms with Crippen molar-refractivity contribution in [3.8, 4) is 11.5 Å². The second kappa shape index (κ2) is 6.22. The summed E-state index contributed by atoms with van der Waals surface area (Å²) in [6.07, 6.45) is 3.64. The highest BCUT2D eigenvalue weighted by atomic mass is 32.3. The Morgan fingerprint density at radius 1 is 1.12 bits per heavy atom. The van der Waals surface area contributed by atoms with Gasteiger partial charge in [0.1, 0.15) is 0 Å². The molecule has 0 bridgehead atoms. The Labute approximate surface area is 153 Å². The number of fused-ring (bicyclic) bond motifs is 2. The zero-order valence-corrected chi connectivity index (χ0v) is 15.4. The standard InChI is InChI=1S/C18H21NO6S/c1-23-14-8-11-5-6-16-13(12(11)9-15(14)24-2)10-18(25-26(16,21)22)19-7-3-4-17(19)20/h8-10,21-22H,3-7H2,1-2H3/p-2. The summed E-state index contributed by atoms with van der Waals surface area (Å²) in [5.41, 5.74) is 2.30. The first kappa shape index (κ1) is 17.3. The highest BCUT2D eigenvalue weighted by Crippen LogP contribution is 2.60. The second-order valence-electron chi connectivity index (χ2n) is 6.37. The summed E-state index contributed by atoms with van der Waals surface area (Å²) in [4.78, 5) is 13.7. The molecule has 1 aromatic carbocycles. The summed E-state index contributed by atoms with van der Waals surface area (Å²) in [5.74, 6) is 1.08. The van der Waals surface area contributed by atoms with Gasteiger partial charge in [0.15, 0.2) is 11.5 Å². The molecule has 0 spiro atoms. The van der Waals surface area contributed by atoms with E-state index in [1.54, 1.807) is 19.3 Å². The van der Waals surface area contributed by atoms with Gasteiger partial charge in [0.05, 0.1) is 14.2 Å². The van der Waals surface area contributed by atoms with E-state index < -0.39 is 10.9 Å². The molecular formula is C18H19NO6S-2. The van der Waals surface area contributed by atoms with Crippen LogP contribution in [0.5, 0.6) is 11.5 Å². The van der Waals surface area contributed by atoms with Crippen molar-refractivity contribution in [2.24, 2.45) is 0 Å². The van der Waals surface area contributed by atoms with Crippen LogP contribution in [0.25, 0.3) is 5.57 Å². The van der Waals surface area contributed by atoms with Gasteiger partial charge in [0.25, 0.3) is 0 Å². The zero-order valence-electron chi connectivity index (χ0n) is 14.6. The number of carbonyl (C=O) groups is 1. The molecule has 7 nitrogen and oxygen atoms in total. The third-order valence-electron chi connectivity index (χ3n) is 4.93. The smallest absolute Gasteiger partial charge is 0.229 e. The Morgan fingerprint density at radius 3 is 2.50 bits per heavy atom. The van der Waals surface area contributed by atoms with Gasteiger partial charge in [-0.3, -0.25) is 9.69 Å². The molecule has 0 saturated carbocycles. The topological polar surface area (TPSA) is 94.1 Å². The summed E-state index contributed by atoms with van der Waals surface area (Å²) < 4.78 is 41.3. The van der Waals surface area contributed by atoms with E-state index in [2.05, 4.69) is 0 Å². The summed E-state index contributed by atoms with van der Waals surface area (Å²) in [7, 11) is -0.828. The van der Waals surface area contributed by atoms with E-state index in [0.29, 0.717) is 49.3 Å². The average molecular weight is 377 g/mol. The van der Waals surface area contributed by atoms with Gasteiger partial charge < -0.3 is 22.8 Å². The van der Waals surface area contributed by atoms with E-state index in [-0.39, 0.29) is 16.7 Å². The minimum absolute atomic E-state index is 0.0777. The van der Waals surface area contributed by atoms with E-state index >= 15 is 0 Å². The fourth-order valence-electron chi connectivity index (χ4n) is 3.64. The lowest BCUT2D eigenvalue weighted by Gasteiger charge is -2.58. The van der Waals surface area contributed by atoms with Crippen LogP contribution in [0.1, 0.15) is 30.4 Å². The van der Waals surface area contributed by atoms with Crippen LogP contribution in [0.15, 0.2) is 29.0 Å². The average Bonchev–Trinajstić information content (AvgIpc) is 3.05. The van der Waals surface area contributed by atoms with E-state index in [1.807, 2.05) is 6.07 Å². The lowest BCUT2D eigenvalue weighted by molar-refractivity contribution is -0.127. The number of carbonyl (C=O) groups excluding carboxylic acids is 1. The molecule has 1 aliphatic carbocycles. The minimum atomic E-state index is -3.93. The van der Waals surface area contributed by atoms with Gasteiger partial charge in [-0.1, -0.05) is 0 Å². The van der Waals surface area contributed by atoms with Crippen molar-refractivity contribution in [2.75, 3.05) is 20.8 Å². The number of hydrogen-bond acceptors (Lipinski definition) is 6. The number of methoxy groups -OCH3 is 2. The highest BCUT2D eigenvalue weighted by molar-refractivity contribution is 8.23. The van der Waals surface area contributed by atoms with E-state index in [9.17, 15) is 13.9 Å². The molecule has 1 saturated heterocycles. The Kier molecular flexibility index (Phi) is 4.13. The number of allylic oxidation sites excluding steroid dienone is 3. The lowest BCUT2D eigenvalue weighted by atomic mass is 9.89. The van der Waals surface area contributed by atoms with Crippen LogP contribution in [0.2, 0.25) is 0 Å². The van der Waals surface area contributed by atoms with Crippen molar-refractivity contribution in [2.45, 2.75) is 25.7 Å². The number of ether oxygens (including phenoxy) is 2. The van der Waals surface area contributed by atoms with Crippen LogP contribution >= 0.6 is 10.9 Å². The Hall–Kier alpha value is -2.16. The summed E-state index contributed by atoms with van der Waals surface area (Å²) >= 11 is 0. The number of hydrogen-bond donors (Lipinski definition) is 0. The molecule has 8 heteroatoms. The van der Waals surface area contributed by atoms with Crippen LogP contribution in [-0.2, 0) is 15.4 Å². The van der Waals surface area contributed by atoms with Gasteiger partial charge in [-0.15, -0.1) is 0 Å². The van der Waals surface area contributed by atoms with E-state index in [1.165, 1.54) is 12.0 Å². The monoisotopic (exact) mass is 377 g/mol. The molecule has 2 aliphatic heterocycles. The number of likely N-dealkylation sites (tertiary alicyclic amines) is 1. The van der Waals surface area contributed by atoms with Gasteiger partial charge in [0.2, 0.25) is 11.8 Å². The van der Waals surface area contributed by atoms with Crippen LogP contribution in [0, 0.1) is 0 Å². The third-order valence-corrected chi connectivity index (χ3v) is 6.34. The molecule has 0 N–H and O–H groups in total. The Morgan fingerprint density at radius 2 is 1.85 bits per heavy atom. The number of aryl methyl sites for hydroxylation is 1. The fourth-order valence-corrected chi connectivity index (χ4v) is 4.90. The number of nitrogens with zero attached hydrogens (tertiary/aromatic N) is 1. The molecule has 1 aromatic rings. The predicted molar refractivity (Wildman–Crippen MR) is 94.0 cm³/mol. The van der Waals surface area contributed by atoms with Crippen LogP contribution in [0.4, 0.5) is 0 Å². The normalized spacial score (nSPS) is 22.2. The SMILES string of the molecule is COc1cc2c(cc1OC)C1=C(CC2)S([O-])([O-])OC(N2CCCC2=O)=C1. The number of amides is 1. The molecule has 4 rings (SSSR count). The third kappa shape index (κ3) is 2.65. The fraction of sp³-hybridized carbons (Fsp3) is 0.389. The largest absolute Gasteiger partial charge is 0.791 e. The van der Waals surface area contributed by atoms with Crippen molar-refractivity contribution in [3.05, 3.63) is 40.1 Å². The van der Waals surface area contributed by atoms with Gasteiger partial charge in [0, 0.05) is 19.0 Å². The molecule has 0 aromatic heterocycles. The maximum Gasteiger partial charge on any atom is 0.229 e. The minimum Gasteiger partial charge on any atom is -0.791 e. The maximum atomic E-state index is 12.7. The predicted octanol–water partition coefficient (Wildman–Crippen LogP) is 2.84. The number of benzene rings is 1. The molecule has 2 heterocycles. The first-order chi connectivity index (χ1) is 12.4. The van der Waals surface area contributed by atoms with Crippen molar-refractivity contribution in [3.63, 3.8) is 0 Å². The Bertz CT molecular complexity index is 844. The van der Waals surface area contributed by atoms with Gasteiger partial charge in [-0.2, -0.15) is 0 Å². The maximum absolute atomic E-state index is 12.7. The summed E-state index contributed by atoms with van der Waals surface area (Å²) in [6.45, 7) is 0.460. The molecule has 0 unspecified atom stereocenters. The summed E-state index contributed by atoms with van der Waals surface area (Å²) in [5, 5.41) is 0. The van der Waals surface area contributed by atoms with Crippen molar-refractivity contribution in [1.29, 1.82) is 0 Å². The van der Waals surface area contributed by atoms with Gasteiger partial charge in [-0.25, -0.2) is 10.9 Å². The van der Waals surface area contributed by atoms with E-state index in [0.717, 1.165) is 11.1 Å². The molecule has 0 atom stereocenters. The lowest BCUT2D eigenvalue weighted by Crippen LogP contribution is -2.29. The summed E-state index contributed by atoms with van der Waals surface area (Å²) in [6, 6.07) is 3.65. The van der Waals surface area contributed by atoms with Crippen molar-refractivity contribution < 1.29 is 27.6 Å². The van der Waals surface area contributed by atoms with Crippen LogP contribution in [-0.4, -0.2) is 40.7 Å². The molecule has 0 radical (unpaired) electrons. The molecule has 26 heavy (non-hydrogen) atoms. The molecule has 1 amide bonds. The van der Waals surface area contributed by atoms with E-state index in [4.69, 9.17) is 13.7 Å². The second-order valence-corrected chi connectivity index (χ2v) is 7.94. The van der Waals surface area contributed by atoms with Crippen LogP contribution in [0.3, 0.4) is 0 Å². The van der Waals surface area contributed by atoms with Gasteiger partial charge in [-0.05, 0) is 53.0 Å². The van der Waals surface area contributed by atoms with Crippen molar-refractivity contribution >= 4 is 22.4 Å². The zero-order chi connectivity index (χ0) is 18.5. The molecule has 140 valence electrons. The Balaban J connectivity index is 1.86. The van der Waals surface area contributed by atoms with Crippen LogP contribution < -0.4 is 9.47 Å². The highest BCUT2D eigenvalue weighted by Gasteiger charge is 2.32. The first-order valence-corrected chi connectivity index (χ1v) is 9.80. The number of rotatable bonds is 3. The quantitative estimate of drug-likeness (QED) is 0.804. The molecular weight excluding hydrogens is 358 g/mol. The van der Waals surface area contributed by atoms with Crippen molar-refractivity contribution in [1.82, 2.24) is 4.90 Å². The molecule has 1 fully saturated rings. The first-order valence-electron chi connectivity index (χ1n) is 8.39.